The van der Waals surface area contributed by atoms with Crippen molar-refractivity contribution in [2.24, 2.45) is 4.99 Å². The molecule has 1 aliphatic heterocycles. The molecule has 0 saturated carbocycles. The van der Waals surface area contributed by atoms with Gasteiger partial charge in [0.25, 0.3) is 5.69 Å². The van der Waals surface area contributed by atoms with Crippen LogP contribution in [0.4, 0.5) is 17.1 Å². The lowest BCUT2D eigenvalue weighted by Gasteiger charge is -2.19. The van der Waals surface area contributed by atoms with Crippen molar-refractivity contribution < 1.29 is 4.92 Å². The SMILES string of the molecule is Cc1ccc(C2=Nc3ccccc3NC(c3ccccc3[N+](=O)[O-])C2)cc1. The Morgan fingerprint density at radius 3 is 2.48 bits per heavy atom. The van der Waals surface area contributed by atoms with E-state index in [2.05, 4.69) is 29.6 Å². The number of nitrogens with one attached hydrogen (secondary N) is 1. The first-order valence-electron chi connectivity index (χ1n) is 8.85. The molecule has 1 N–H and O–H groups in total. The Morgan fingerprint density at radius 2 is 1.70 bits per heavy atom. The summed E-state index contributed by atoms with van der Waals surface area (Å²) in [7, 11) is 0. The number of fused-ring (bicyclic) bond motifs is 1. The molecule has 4 rings (SSSR count). The fraction of sp³-hybridized carbons (Fsp3) is 0.136. The molecule has 134 valence electrons. The summed E-state index contributed by atoms with van der Waals surface area (Å²) in [6, 6.07) is 22.7. The molecule has 0 saturated heterocycles. The number of rotatable bonds is 3. The molecule has 0 amide bonds. The number of nitro groups is 1. The molecule has 5 heteroatoms. The maximum Gasteiger partial charge on any atom is 0.274 e. The second-order valence-corrected chi connectivity index (χ2v) is 6.66. The molecule has 1 unspecified atom stereocenters. The van der Waals surface area contributed by atoms with Crippen LogP contribution < -0.4 is 5.32 Å². The van der Waals surface area contributed by atoms with E-state index in [1.807, 2.05) is 43.3 Å². The normalized spacial score (nSPS) is 15.9. The van der Waals surface area contributed by atoms with Crippen molar-refractivity contribution in [1.29, 1.82) is 0 Å². The van der Waals surface area contributed by atoms with Gasteiger partial charge in [-0.1, -0.05) is 60.2 Å². The zero-order valence-electron chi connectivity index (χ0n) is 14.9. The average Bonchev–Trinajstić information content (AvgIpc) is 2.88. The highest BCUT2D eigenvalue weighted by Gasteiger charge is 2.26. The van der Waals surface area contributed by atoms with Gasteiger partial charge in [-0.3, -0.25) is 15.1 Å². The predicted octanol–water partition coefficient (Wildman–Crippen LogP) is 5.58. The third-order valence-corrected chi connectivity index (χ3v) is 4.78. The Labute approximate surface area is 157 Å². The van der Waals surface area contributed by atoms with E-state index in [1.54, 1.807) is 12.1 Å². The van der Waals surface area contributed by atoms with Crippen LogP contribution in [0.5, 0.6) is 0 Å². The van der Waals surface area contributed by atoms with E-state index in [-0.39, 0.29) is 16.7 Å². The number of anilines is 1. The van der Waals surface area contributed by atoms with Crippen LogP contribution in [0.2, 0.25) is 0 Å². The van der Waals surface area contributed by atoms with Crippen LogP contribution in [0.1, 0.15) is 29.2 Å². The van der Waals surface area contributed by atoms with Crippen molar-refractivity contribution >= 4 is 22.8 Å². The Balaban J connectivity index is 1.83. The lowest BCUT2D eigenvalue weighted by molar-refractivity contribution is -0.385. The molecule has 0 spiro atoms. The summed E-state index contributed by atoms with van der Waals surface area (Å²) in [6.07, 6.45) is 0.558. The van der Waals surface area contributed by atoms with Crippen molar-refractivity contribution in [3.05, 3.63) is 99.6 Å². The van der Waals surface area contributed by atoms with Gasteiger partial charge in [-0.05, 0) is 24.6 Å². The van der Waals surface area contributed by atoms with E-state index in [0.29, 0.717) is 12.0 Å². The monoisotopic (exact) mass is 357 g/mol. The van der Waals surface area contributed by atoms with Gasteiger partial charge in [-0.25, -0.2) is 0 Å². The number of benzene rings is 3. The van der Waals surface area contributed by atoms with Crippen LogP contribution in [0.3, 0.4) is 0 Å². The second kappa shape index (κ2) is 7.03. The average molecular weight is 357 g/mol. The summed E-state index contributed by atoms with van der Waals surface area (Å²) in [5, 5.41) is 15.0. The molecule has 0 radical (unpaired) electrons. The Bertz CT molecular complexity index is 1030. The molecule has 5 nitrogen and oxygen atoms in total. The van der Waals surface area contributed by atoms with Gasteiger partial charge in [0.15, 0.2) is 0 Å². The van der Waals surface area contributed by atoms with Gasteiger partial charge < -0.3 is 5.32 Å². The molecule has 0 fully saturated rings. The Kier molecular flexibility index (Phi) is 4.42. The minimum Gasteiger partial charge on any atom is -0.376 e. The van der Waals surface area contributed by atoms with Crippen molar-refractivity contribution in [3.63, 3.8) is 0 Å². The van der Waals surface area contributed by atoms with Crippen molar-refractivity contribution in [2.45, 2.75) is 19.4 Å². The number of aliphatic imine (C=N–C) groups is 1. The molecule has 0 bridgehead atoms. The van der Waals surface area contributed by atoms with E-state index in [1.165, 1.54) is 5.56 Å². The van der Waals surface area contributed by atoms with Crippen LogP contribution in [-0.2, 0) is 0 Å². The number of para-hydroxylation sites is 3. The maximum absolute atomic E-state index is 11.5. The van der Waals surface area contributed by atoms with Gasteiger partial charge in [-0.15, -0.1) is 0 Å². The highest BCUT2D eigenvalue weighted by atomic mass is 16.6. The summed E-state index contributed by atoms with van der Waals surface area (Å²) in [5.74, 6) is 0. The molecule has 3 aromatic carbocycles. The van der Waals surface area contributed by atoms with Crippen LogP contribution in [0.25, 0.3) is 0 Å². The summed E-state index contributed by atoms with van der Waals surface area (Å²) < 4.78 is 0. The highest BCUT2D eigenvalue weighted by molar-refractivity contribution is 6.04. The summed E-state index contributed by atoms with van der Waals surface area (Å²) in [5.41, 5.74) is 5.63. The Morgan fingerprint density at radius 1 is 1.00 bits per heavy atom. The topological polar surface area (TPSA) is 67.5 Å². The zero-order valence-corrected chi connectivity index (χ0v) is 14.9. The van der Waals surface area contributed by atoms with Crippen molar-refractivity contribution in [3.8, 4) is 0 Å². The van der Waals surface area contributed by atoms with E-state index < -0.39 is 0 Å². The van der Waals surface area contributed by atoms with Crippen LogP contribution in [0, 0.1) is 17.0 Å². The number of hydrogen-bond acceptors (Lipinski definition) is 4. The molecular weight excluding hydrogens is 338 g/mol. The molecule has 1 heterocycles. The van der Waals surface area contributed by atoms with Gasteiger partial charge in [0.1, 0.15) is 0 Å². The number of aryl methyl sites for hydroxylation is 1. The van der Waals surface area contributed by atoms with E-state index in [9.17, 15) is 10.1 Å². The summed E-state index contributed by atoms with van der Waals surface area (Å²) >= 11 is 0. The molecule has 0 aromatic heterocycles. The lowest BCUT2D eigenvalue weighted by Crippen LogP contribution is -2.16. The van der Waals surface area contributed by atoms with Gasteiger partial charge >= 0.3 is 0 Å². The number of nitrogens with zero attached hydrogens (tertiary/aromatic N) is 2. The first-order chi connectivity index (χ1) is 13.1. The first-order valence-corrected chi connectivity index (χ1v) is 8.85. The molecular formula is C22H19N3O2. The van der Waals surface area contributed by atoms with Crippen LogP contribution in [-0.4, -0.2) is 10.6 Å². The van der Waals surface area contributed by atoms with Crippen molar-refractivity contribution in [1.82, 2.24) is 0 Å². The third kappa shape index (κ3) is 3.44. The smallest absolute Gasteiger partial charge is 0.274 e. The summed E-state index contributed by atoms with van der Waals surface area (Å²) in [6.45, 7) is 2.05. The van der Waals surface area contributed by atoms with Crippen LogP contribution in [0.15, 0.2) is 77.8 Å². The lowest BCUT2D eigenvalue weighted by atomic mass is 9.96. The third-order valence-electron chi connectivity index (χ3n) is 4.78. The van der Waals surface area contributed by atoms with Crippen LogP contribution >= 0.6 is 0 Å². The molecule has 0 aliphatic carbocycles. The maximum atomic E-state index is 11.5. The first kappa shape index (κ1) is 17.0. The highest BCUT2D eigenvalue weighted by Crippen LogP contribution is 2.37. The Hall–Kier alpha value is -3.47. The fourth-order valence-electron chi connectivity index (χ4n) is 3.38. The number of hydrogen-bond donors (Lipinski definition) is 1. The van der Waals surface area contributed by atoms with Gasteiger partial charge in [-0.2, -0.15) is 0 Å². The zero-order chi connectivity index (χ0) is 18.8. The quantitative estimate of drug-likeness (QED) is 0.491. The van der Waals surface area contributed by atoms with Gasteiger partial charge in [0.2, 0.25) is 0 Å². The molecule has 1 aliphatic rings. The number of nitro benzene ring substituents is 1. The van der Waals surface area contributed by atoms with E-state index in [0.717, 1.165) is 22.6 Å². The molecule has 27 heavy (non-hydrogen) atoms. The van der Waals surface area contributed by atoms with E-state index >= 15 is 0 Å². The minimum atomic E-state index is -0.323. The van der Waals surface area contributed by atoms with Gasteiger partial charge in [0.05, 0.1) is 33.6 Å². The molecule has 3 aromatic rings. The van der Waals surface area contributed by atoms with Crippen molar-refractivity contribution in [2.75, 3.05) is 5.32 Å². The largest absolute Gasteiger partial charge is 0.376 e. The standard InChI is InChI=1S/C22H19N3O2/c1-15-10-12-16(13-11-15)20-14-21(17-6-2-5-9-22(17)25(26)27)24-19-8-4-3-7-18(19)23-20/h2-13,21,24H,14H2,1H3. The second-order valence-electron chi connectivity index (χ2n) is 6.66. The molecule has 1 atom stereocenters. The predicted molar refractivity (Wildman–Crippen MR) is 108 cm³/mol. The fourth-order valence-corrected chi connectivity index (χ4v) is 3.38. The van der Waals surface area contributed by atoms with Gasteiger partial charge in [0, 0.05) is 12.5 Å². The van der Waals surface area contributed by atoms with E-state index in [4.69, 9.17) is 4.99 Å². The minimum absolute atomic E-state index is 0.123. The summed E-state index contributed by atoms with van der Waals surface area (Å²) in [4.78, 5) is 16.1.